The summed E-state index contributed by atoms with van der Waals surface area (Å²) >= 11 is 1.52. The van der Waals surface area contributed by atoms with Crippen LogP contribution in [0.2, 0.25) is 0 Å². The number of nitrogens with one attached hydrogen (secondary N) is 1. The van der Waals surface area contributed by atoms with Crippen molar-refractivity contribution in [3.05, 3.63) is 47.3 Å². The second-order valence-electron chi connectivity index (χ2n) is 7.04. The Hall–Kier alpha value is -1.75. The number of hydrogen-bond acceptors (Lipinski definition) is 3. The van der Waals surface area contributed by atoms with Crippen molar-refractivity contribution in [3.63, 3.8) is 0 Å². The lowest BCUT2D eigenvalue weighted by molar-refractivity contribution is -0.131. The molecule has 1 saturated carbocycles. The molecule has 0 radical (unpaired) electrons. The van der Waals surface area contributed by atoms with E-state index in [0.29, 0.717) is 11.8 Å². The molecule has 0 spiro atoms. The maximum atomic E-state index is 12.7. The average molecular weight is 372 g/mol. The molecular weight excluding hydrogens is 342 g/mol. The van der Waals surface area contributed by atoms with Gasteiger partial charge in [0.25, 0.3) is 0 Å². The summed E-state index contributed by atoms with van der Waals surface area (Å²) in [5.41, 5.74) is 3.40. The van der Waals surface area contributed by atoms with E-state index in [1.54, 1.807) is 0 Å². The molecule has 1 aliphatic rings. The van der Waals surface area contributed by atoms with Crippen LogP contribution in [0.1, 0.15) is 56.0 Å². The molecule has 4 nitrogen and oxygen atoms in total. The number of carbonyl (C=O) groups excluding carboxylic acids is 1. The molecule has 0 saturated heterocycles. The fourth-order valence-electron chi connectivity index (χ4n) is 3.74. The van der Waals surface area contributed by atoms with Gasteiger partial charge >= 0.3 is 0 Å². The van der Waals surface area contributed by atoms with E-state index < -0.39 is 0 Å². The summed E-state index contributed by atoms with van der Waals surface area (Å²) in [6.45, 7) is 4.95. The van der Waals surface area contributed by atoms with Gasteiger partial charge in [-0.15, -0.1) is 0 Å². The summed E-state index contributed by atoms with van der Waals surface area (Å²) in [5.74, 6) is 0.699. The molecular formula is C21H29N3OS. The lowest BCUT2D eigenvalue weighted by atomic mass is 9.94. The molecule has 26 heavy (non-hydrogen) atoms. The van der Waals surface area contributed by atoms with Gasteiger partial charge in [-0.3, -0.25) is 4.79 Å². The van der Waals surface area contributed by atoms with Crippen molar-refractivity contribution in [2.24, 2.45) is 0 Å². The van der Waals surface area contributed by atoms with Gasteiger partial charge in [0.15, 0.2) is 5.16 Å². The number of aryl methyl sites for hydroxylation is 1. The van der Waals surface area contributed by atoms with Crippen molar-refractivity contribution in [1.29, 1.82) is 0 Å². The van der Waals surface area contributed by atoms with Crippen LogP contribution in [-0.2, 0) is 11.2 Å². The Balaban J connectivity index is 1.57. The molecule has 1 aromatic carbocycles. The first-order valence-corrected chi connectivity index (χ1v) is 10.7. The molecule has 1 aromatic heterocycles. The molecule has 1 aliphatic carbocycles. The molecule has 3 rings (SSSR count). The third-order valence-corrected chi connectivity index (χ3v) is 6.05. The van der Waals surface area contributed by atoms with E-state index in [-0.39, 0.29) is 5.91 Å². The quantitative estimate of drug-likeness (QED) is 0.725. The normalized spacial score (nSPS) is 15.2. The first-order chi connectivity index (χ1) is 12.7. The minimum Gasteiger partial charge on any atom is -0.339 e. The number of rotatable bonds is 7. The molecule has 2 aromatic rings. The van der Waals surface area contributed by atoms with Gasteiger partial charge in [-0.05, 0) is 32.3 Å². The third-order valence-electron chi connectivity index (χ3n) is 5.19. The highest BCUT2D eigenvalue weighted by molar-refractivity contribution is 7.99. The number of benzene rings is 1. The van der Waals surface area contributed by atoms with Crippen molar-refractivity contribution < 1.29 is 4.79 Å². The molecule has 0 aliphatic heterocycles. The zero-order chi connectivity index (χ0) is 18.4. The average Bonchev–Trinajstić information content (AvgIpc) is 3.02. The Kier molecular flexibility index (Phi) is 6.78. The summed E-state index contributed by atoms with van der Waals surface area (Å²) in [6, 6.07) is 10.8. The second kappa shape index (κ2) is 9.26. The highest BCUT2D eigenvalue weighted by atomic mass is 32.2. The molecule has 0 unspecified atom stereocenters. The van der Waals surface area contributed by atoms with Crippen molar-refractivity contribution in [3.8, 4) is 0 Å². The fourth-order valence-corrected chi connectivity index (χ4v) is 4.57. The second-order valence-corrected chi connectivity index (χ2v) is 8.00. The summed E-state index contributed by atoms with van der Waals surface area (Å²) in [4.78, 5) is 22.8. The predicted octanol–water partition coefficient (Wildman–Crippen LogP) is 4.58. The zero-order valence-electron chi connectivity index (χ0n) is 15.8. The van der Waals surface area contributed by atoms with Crippen molar-refractivity contribution in [2.75, 3.05) is 12.3 Å². The highest BCUT2D eigenvalue weighted by Crippen LogP contribution is 2.24. The van der Waals surface area contributed by atoms with Crippen LogP contribution in [0.3, 0.4) is 0 Å². The first-order valence-electron chi connectivity index (χ1n) is 9.69. The van der Waals surface area contributed by atoms with Crippen LogP contribution in [0, 0.1) is 6.92 Å². The van der Waals surface area contributed by atoms with Crippen molar-refractivity contribution in [2.45, 2.75) is 63.6 Å². The van der Waals surface area contributed by atoms with Gasteiger partial charge in [-0.2, -0.15) is 0 Å². The molecule has 1 amide bonds. The number of aromatic amines is 1. The van der Waals surface area contributed by atoms with Crippen LogP contribution in [0.5, 0.6) is 0 Å². The molecule has 140 valence electrons. The number of amides is 1. The van der Waals surface area contributed by atoms with E-state index in [9.17, 15) is 4.79 Å². The van der Waals surface area contributed by atoms with Crippen molar-refractivity contribution >= 4 is 17.7 Å². The Morgan fingerprint density at radius 2 is 1.96 bits per heavy atom. The van der Waals surface area contributed by atoms with Gasteiger partial charge < -0.3 is 9.88 Å². The van der Waals surface area contributed by atoms with Crippen LogP contribution in [0.25, 0.3) is 0 Å². The van der Waals surface area contributed by atoms with Gasteiger partial charge in [-0.1, -0.05) is 61.4 Å². The summed E-state index contributed by atoms with van der Waals surface area (Å²) < 4.78 is 0. The zero-order valence-corrected chi connectivity index (χ0v) is 16.6. The van der Waals surface area contributed by atoms with Gasteiger partial charge in [0.1, 0.15) is 0 Å². The minimum atomic E-state index is 0.239. The Morgan fingerprint density at radius 1 is 1.23 bits per heavy atom. The van der Waals surface area contributed by atoms with Crippen LogP contribution in [-0.4, -0.2) is 39.1 Å². The SMILES string of the molecule is CCN(C(=O)CSc1nc(Cc2ccccc2)c(C)[nH]1)C1CCCCC1. The summed E-state index contributed by atoms with van der Waals surface area (Å²) in [6.07, 6.45) is 6.95. The van der Waals surface area contributed by atoms with Gasteiger partial charge in [0, 0.05) is 24.7 Å². The molecule has 1 N–H and O–H groups in total. The Morgan fingerprint density at radius 3 is 2.65 bits per heavy atom. The van der Waals surface area contributed by atoms with Crippen molar-refractivity contribution in [1.82, 2.24) is 14.9 Å². The number of imidazole rings is 1. The van der Waals surface area contributed by atoms with Crippen LogP contribution in [0.4, 0.5) is 0 Å². The fraction of sp³-hybridized carbons (Fsp3) is 0.524. The maximum absolute atomic E-state index is 12.7. The van der Waals surface area contributed by atoms with Gasteiger partial charge in [-0.25, -0.2) is 4.98 Å². The van der Waals surface area contributed by atoms with E-state index in [0.717, 1.165) is 42.4 Å². The third kappa shape index (κ3) is 4.91. The number of thioether (sulfide) groups is 1. The lowest BCUT2D eigenvalue weighted by Crippen LogP contribution is -2.42. The Bertz CT molecular complexity index is 707. The van der Waals surface area contributed by atoms with E-state index in [2.05, 4.69) is 48.0 Å². The maximum Gasteiger partial charge on any atom is 0.233 e. The van der Waals surface area contributed by atoms with Gasteiger partial charge in [0.05, 0.1) is 11.4 Å². The number of carbonyl (C=O) groups is 1. The number of aromatic nitrogens is 2. The predicted molar refractivity (Wildman–Crippen MR) is 108 cm³/mol. The molecule has 1 fully saturated rings. The van der Waals surface area contributed by atoms with Crippen LogP contribution in [0.15, 0.2) is 35.5 Å². The van der Waals surface area contributed by atoms with E-state index >= 15 is 0 Å². The first kappa shape index (κ1) is 19.0. The standard InChI is InChI=1S/C21H29N3OS/c1-3-24(18-12-8-5-9-13-18)20(25)15-26-21-22-16(2)19(23-21)14-17-10-6-4-7-11-17/h4,6-7,10-11,18H,3,5,8-9,12-15H2,1-2H3,(H,22,23). The van der Waals surface area contributed by atoms with E-state index in [1.165, 1.54) is 36.6 Å². The number of hydrogen-bond donors (Lipinski definition) is 1. The van der Waals surface area contributed by atoms with Crippen LogP contribution >= 0.6 is 11.8 Å². The lowest BCUT2D eigenvalue weighted by Gasteiger charge is -2.33. The van der Waals surface area contributed by atoms with E-state index in [1.807, 2.05) is 6.07 Å². The largest absolute Gasteiger partial charge is 0.339 e. The number of H-pyrrole nitrogens is 1. The summed E-state index contributed by atoms with van der Waals surface area (Å²) in [5, 5.41) is 0.849. The smallest absolute Gasteiger partial charge is 0.233 e. The highest BCUT2D eigenvalue weighted by Gasteiger charge is 2.24. The molecule has 5 heteroatoms. The van der Waals surface area contributed by atoms with Gasteiger partial charge in [0.2, 0.25) is 5.91 Å². The minimum absolute atomic E-state index is 0.239. The van der Waals surface area contributed by atoms with E-state index in [4.69, 9.17) is 4.98 Å². The Labute approximate surface area is 160 Å². The summed E-state index contributed by atoms with van der Waals surface area (Å²) in [7, 11) is 0. The molecule has 1 heterocycles. The monoisotopic (exact) mass is 371 g/mol. The number of nitrogens with zero attached hydrogens (tertiary/aromatic N) is 2. The topological polar surface area (TPSA) is 49.0 Å². The van der Waals surface area contributed by atoms with Crippen LogP contribution < -0.4 is 0 Å². The molecule has 0 atom stereocenters. The molecule has 0 bridgehead atoms.